The molecule has 1 saturated heterocycles. The minimum absolute atomic E-state index is 0.528. The van der Waals surface area contributed by atoms with E-state index < -0.39 is 0 Å². The Kier molecular flexibility index (Phi) is 7.87. The zero-order valence-corrected chi connectivity index (χ0v) is 12.7. The average Bonchev–Trinajstić information content (AvgIpc) is 2.59. The molecule has 0 radical (unpaired) electrons. The van der Waals surface area contributed by atoms with E-state index in [1.54, 1.807) is 0 Å². The van der Waals surface area contributed by atoms with Crippen LogP contribution in [0.1, 0.15) is 52.9 Å². The largest absolute Gasteiger partial charge is 0.383 e. The molecule has 1 aliphatic heterocycles. The van der Waals surface area contributed by atoms with Gasteiger partial charge >= 0.3 is 0 Å². The summed E-state index contributed by atoms with van der Waals surface area (Å²) in [7, 11) is 1.82. The number of nitrogens with one attached hydrogen (secondary N) is 1. The Morgan fingerprint density at radius 3 is 2.67 bits per heavy atom. The first-order chi connectivity index (χ1) is 8.69. The zero-order valence-electron chi connectivity index (χ0n) is 12.7. The van der Waals surface area contributed by atoms with E-state index in [-0.39, 0.29) is 0 Å². The van der Waals surface area contributed by atoms with Crippen LogP contribution in [0.15, 0.2) is 0 Å². The quantitative estimate of drug-likeness (QED) is 0.758. The van der Waals surface area contributed by atoms with Crippen LogP contribution in [0.2, 0.25) is 0 Å². The van der Waals surface area contributed by atoms with Gasteiger partial charge in [0.25, 0.3) is 0 Å². The van der Waals surface area contributed by atoms with Crippen LogP contribution in [-0.2, 0) is 4.74 Å². The standard InChI is InChI=1S/C15H32N2O/c1-5-14-9-7-6-8-10-17(14)15(12-18-4)11-16-13(2)3/h13-16H,5-12H2,1-4H3. The van der Waals surface area contributed by atoms with Gasteiger partial charge in [-0.1, -0.05) is 33.6 Å². The van der Waals surface area contributed by atoms with Gasteiger partial charge in [-0.3, -0.25) is 4.90 Å². The lowest BCUT2D eigenvalue weighted by molar-refractivity contribution is 0.0589. The van der Waals surface area contributed by atoms with Crippen molar-refractivity contribution in [3.05, 3.63) is 0 Å². The van der Waals surface area contributed by atoms with Crippen molar-refractivity contribution in [1.29, 1.82) is 0 Å². The molecule has 1 rings (SSSR count). The molecule has 0 aromatic rings. The van der Waals surface area contributed by atoms with E-state index in [1.807, 2.05) is 7.11 Å². The lowest BCUT2D eigenvalue weighted by Crippen LogP contribution is -2.50. The van der Waals surface area contributed by atoms with Crippen LogP contribution in [0.25, 0.3) is 0 Å². The van der Waals surface area contributed by atoms with Gasteiger partial charge in [0.2, 0.25) is 0 Å². The van der Waals surface area contributed by atoms with Crippen LogP contribution < -0.4 is 5.32 Å². The molecule has 0 spiro atoms. The average molecular weight is 256 g/mol. The molecule has 1 N–H and O–H groups in total. The lowest BCUT2D eigenvalue weighted by atomic mass is 10.1. The smallest absolute Gasteiger partial charge is 0.0630 e. The highest BCUT2D eigenvalue weighted by Gasteiger charge is 2.26. The summed E-state index contributed by atoms with van der Waals surface area (Å²) in [6.45, 7) is 9.88. The second-order valence-electron chi connectivity index (χ2n) is 5.82. The van der Waals surface area contributed by atoms with Gasteiger partial charge in [-0.2, -0.15) is 0 Å². The van der Waals surface area contributed by atoms with Crippen molar-refractivity contribution in [3.8, 4) is 0 Å². The van der Waals surface area contributed by atoms with Crippen LogP contribution >= 0.6 is 0 Å². The highest BCUT2D eigenvalue weighted by molar-refractivity contribution is 4.82. The predicted octanol–water partition coefficient (Wildman–Crippen LogP) is 2.65. The number of nitrogens with zero attached hydrogens (tertiary/aromatic N) is 1. The minimum atomic E-state index is 0.528. The highest BCUT2D eigenvalue weighted by atomic mass is 16.5. The number of hydrogen-bond acceptors (Lipinski definition) is 3. The Bertz CT molecular complexity index is 209. The van der Waals surface area contributed by atoms with E-state index in [9.17, 15) is 0 Å². The van der Waals surface area contributed by atoms with Crippen molar-refractivity contribution in [2.75, 3.05) is 26.8 Å². The van der Waals surface area contributed by atoms with Gasteiger partial charge in [-0.15, -0.1) is 0 Å². The third kappa shape index (κ3) is 5.25. The maximum absolute atomic E-state index is 5.44. The molecule has 3 heteroatoms. The molecule has 1 fully saturated rings. The summed E-state index contributed by atoms with van der Waals surface area (Å²) in [6.07, 6.45) is 6.76. The summed E-state index contributed by atoms with van der Waals surface area (Å²) < 4.78 is 5.44. The highest BCUT2D eigenvalue weighted by Crippen LogP contribution is 2.21. The van der Waals surface area contributed by atoms with Crippen molar-refractivity contribution in [1.82, 2.24) is 10.2 Å². The molecule has 0 saturated carbocycles. The monoisotopic (exact) mass is 256 g/mol. The third-order valence-corrected chi connectivity index (χ3v) is 3.98. The molecule has 0 aromatic carbocycles. The van der Waals surface area contributed by atoms with Crippen molar-refractivity contribution < 1.29 is 4.74 Å². The predicted molar refractivity (Wildman–Crippen MR) is 78.1 cm³/mol. The Morgan fingerprint density at radius 2 is 2.06 bits per heavy atom. The summed E-state index contributed by atoms with van der Waals surface area (Å²) in [4.78, 5) is 2.70. The van der Waals surface area contributed by atoms with Crippen molar-refractivity contribution in [2.24, 2.45) is 0 Å². The van der Waals surface area contributed by atoms with E-state index in [2.05, 4.69) is 31.0 Å². The lowest BCUT2D eigenvalue weighted by Gasteiger charge is -2.37. The topological polar surface area (TPSA) is 24.5 Å². The van der Waals surface area contributed by atoms with Gasteiger partial charge in [-0.25, -0.2) is 0 Å². The van der Waals surface area contributed by atoms with Crippen molar-refractivity contribution in [2.45, 2.75) is 71.0 Å². The number of hydrogen-bond donors (Lipinski definition) is 1. The van der Waals surface area contributed by atoms with E-state index in [4.69, 9.17) is 4.74 Å². The van der Waals surface area contributed by atoms with E-state index in [0.717, 1.165) is 19.2 Å². The first-order valence-electron chi connectivity index (χ1n) is 7.67. The molecular formula is C15H32N2O. The molecule has 0 aromatic heterocycles. The zero-order chi connectivity index (χ0) is 13.4. The summed E-state index contributed by atoms with van der Waals surface area (Å²) in [5, 5.41) is 3.57. The first-order valence-corrected chi connectivity index (χ1v) is 7.67. The molecule has 3 nitrogen and oxygen atoms in total. The van der Waals surface area contributed by atoms with Gasteiger partial charge in [0.1, 0.15) is 0 Å². The summed E-state index contributed by atoms with van der Waals surface area (Å²) in [6, 6.07) is 1.83. The fourth-order valence-corrected chi connectivity index (χ4v) is 2.95. The van der Waals surface area contributed by atoms with Crippen LogP contribution in [-0.4, -0.2) is 49.8 Å². The maximum Gasteiger partial charge on any atom is 0.0630 e. The van der Waals surface area contributed by atoms with Gasteiger partial charge in [0.15, 0.2) is 0 Å². The van der Waals surface area contributed by atoms with Crippen LogP contribution in [0.3, 0.4) is 0 Å². The summed E-state index contributed by atoms with van der Waals surface area (Å²) >= 11 is 0. The van der Waals surface area contributed by atoms with E-state index in [0.29, 0.717) is 12.1 Å². The number of ether oxygens (including phenoxy) is 1. The van der Waals surface area contributed by atoms with Gasteiger partial charge in [0.05, 0.1) is 6.61 Å². The van der Waals surface area contributed by atoms with Crippen LogP contribution in [0.4, 0.5) is 0 Å². The minimum Gasteiger partial charge on any atom is -0.383 e. The Labute approximate surface area is 113 Å². The first kappa shape index (κ1) is 15.9. The van der Waals surface area contributed by atoms with Crippen LogP contribution in [0, 0.1) is 0 Å². The Hall–Kier alpha value is -0.120. The van der Waals surface area contributed by atoms with Gasteiger partial charge < -0.3 is 10.1 Å². The maximum atomic E-state index is 5.44. The summed E-state index contributed by atoms with van der Waals surface area (Å²) in [5.41, 5.74) is 0. The second kappa shape index (κ2) is 8.89. The second-order valence-corrected chi connectivity index (χ2v) is 5.82. The van der Waals surface area contributed by atoms with E-state index >= 15 is 0 Å². The molecule has 1 heterocycles. The fourth-order valence-electron chi connectivity index (χ4n) is 2.95. The summed E-state index contributed by atoms with van der Waals surface area (Å²) in [5.74, 6) is 0. The normalized spacial score (nSPS) is 24.2. The Balaban J connectivity index is 2.60. The Morgan fingerprint density at radius 1 is 1.28 bits per heavy atom. The molecule has 18 heavy (non-hydrogen) atoms. The molecule has 0 aliphatic carbocycles. The molecule has 108 valence electrons. The van der Waals surface area contributed by atoms with Crippen molar-refractivity contribution >= 4 is 0 Å². The van der Waals surface area contributed by atoms with Gasteiger partial charge in [0, 0.05) is 31.8 Å². The van der Waals surface area contributed by atoms with Crippen LogP contribution in [0.5, 0.6) is 0 Å². The molecule has 2 atom stereocenters. The third-order valence-electron chi connectivity index (χ3n) is 3.98. The molecule has 1 aliphatic rings. The molecule has 2 unspecified atom stereocenters. The number of rotatable bonds is 7. The number of likely N-dealkylation sites (tertiary alicyclic amines) is 1. The molecule has 0 amide bonds. The van der Waals surface area contributed by atoms with Gasteiger partial charge in [-0.05, 0) is 25.8 Å². The molecule has 0 bridgehead atoms. The van der Waals surface area contributed by atoms with Crippen molar-refractivity contribution in [3.63, 3.8) is 0 Å². The van der Waals surface area contributed by atoms with E-state index in [1.165, 1.54) is 38.6 Å². The number of methoxy groups -OCH3 is 1. The fraction of sp³-hybridized carbons (Fsp3) is 1.00. The SMILES string of the molecule is CCC1CCCCCN1C(CNC(C)C)COC. The molecular weight excluding hydrogens is 224 g/mol.